The Kier molecular flexibility index (Phi) is 6.55. The zero-order chi connectivity index (χ0) is 15.5. The molecule has 8 heteroatoms. The van der Waals surface area contributed by atoms with Crippen molar-refractivity contribution in [3.63, 3.8) is 0 Å². The molecule has 1 unspecified atom stereocenters. The van der Waals surface area contributed by atoms with Crippen molar-refractivity contribution in [2.24, 2.45) is 5.73 Å². The molecular weight excluding hydrogens is 354 g/mol. The van der Waals surface area contributed by atoms with Gasteiger partial charge in [0.1, 0.15) is 12.4 Å². The number of nitrogens with two attached hydrogens (primary N) is 1. The first-order chi connectivity index (χ1) is 10.7. The van der Waals surface area contributed by atoms with Crippen LogP contribution in [0.25, 0.3) is 0 Å². The van der Waals surface area contributed by atoms with E-state index < -0.39 is 0 Å². The van der Waals surface area contributed by atoms with Crippen LogP contribution < -0.4 is 10.5 Å². The molecule has 0 aliphatic carbocycles. The van der Waals surface area contributed by atoms with E-state index in [9.17, 15) is 4.55 Å². The minimum absolute atomic E-state index is 0. The molecular formula is C15H20ClN3O2S2. The van der Waals surface area contributed by atoms with E-state index in [4.69, 9.17) is 22.7 Å². The van der Waals surface area contributed by atoms with Gasteiger partial charge in [0.15, 0.2) is 4.77 Å². The van der Waals surface area contributed by atoms with Crippen molar-refractivity contribution >= 4 is 36.7 Å². The van der Waals surface area contributed by atoms with Crippen molar-refractivity contribution in [1.29, 1.82) is 0 Å². The summed E-state index contributed by atoms with van der Waals surface area (Å²) in [5.74, 6) is 0.889. The topological polar surface area (TPSA) is 76.2 Å². The monoisotopic (exact) mass is 373 g/mol. The molecule has 126 valence electrons. The highest BCUT2D eigenvalue weighted by Gasteiger charge is 2.24. The molecule has 1 aromatic carbocycles. The fourth-order valence-corrected chi connectivity index (χ4v) is 3.52. The number of ether oxygens (including phenoxy) is 1. The molecule has 1 aliphatic heterocycles. The maximum atomic E-state index is 9.21. The molecule has 0 saturated heterocycles. The molecule has 1 aliphatic rings. The zero-order valence-electron chi connectivity index (χ0n) is 12.5. The van der Waals surface area contributed by atoms with Gasteiger partial charge in [0, 0.05) is 35.2 Å². The maximum Gasteiger partial charge on any atom is 0.177 e. The lowest BCUT2D eigenvalue weighted by Crippen LogP contribution is -2.26. The third kappa shape index (κ3) is 3.92. The van der Waals surface area contributed by atoms with Gasteiger partial charge in [0.25, 0.3) is 0 Å². The summed E-state index contributed by atoms with van der Waals surface area (Å²) in [7, 11) is 0. The third-order valence-electron chi connectivity index (χ3n) is 3.92. The minimum Gasteiger partial charge on any atom is -0.491 e. The average molecular weight is 374 g/mol. The number of H-pyrrole nitrogens is 1. The van der Waals surface area contributed by atoms with Gasteiger partial charge in [0.05, 0.1) is 6.04 Å². The summed E-state index contributed by atoms with van der Waals surface area (Å²) >= 11 is 6.18. The minimum atomic E-state index is 0. The highest BCUT2D eigenvalue weighted by atomic mass is 35.5. The van der Waals surface area contributed by atoms with Gasteiger partial charge in [-0.3, -0.25) is 0 Å². The molecule has 0 amide bonds. The molecule has 0 radical (unpaired) electrons. The van der Waals surface area contributed by atoms with E-state index in [-0.39, 0.29) is 18.4 Å². The van der Waals surface area contributed by atoms with E-state index in [1.165, 1.54) is 5.69 Å². The molecule has 2 aromatic rings. The van der Waals surface area contributed by atoms with Crippen LogP contribution in [-0.4, -0.2) is 27.3 Å². The standard InChI is InChI=1S/C15H19N3O2S2.ClH/c16-5-1-2-11-8-17-15(21)18(11)12-6-10-7-13(22-19)3-4-14(10)20-9-12;/h3-4,7-8,12,19H,1-2,5-6,9,16H2,(H,17,21);1H. The second-order valence-electron chi connectivity index (χ2n) is 5.38. The molecule has 23 heavy (non-hydrogen) atoms. The number of nitrogens with zero attached hydrogens (tertiary/aromatic N) is 1. The number of benzene rings is 1. The number of aryl methyl sites for hydroxylation is 1. The van der Waals surface area contributed by atoms with Crippen LogP contribution in [0, 0.1) is 4.77 Å². The summed E-state index contributed by atoms with van der Waals surface area (Å²) in [6.07, 6.45) is 4.64. The Morgan fingerprint density at radius 2 is 2.30 bits per heavy atom. The predicted molar refractivity (Wildman–Crippen MR) is 97.4 cm³/mol. The summed E-state index contributed by atoms with van der Waals surface area (Å²) in [5.41, 5.74) is 7.88. The Balaban J connectivity index is 0.00000192. The maximum absolute atomic E-state index is 9.21. The van der Waals surface area contributed by atoms with E-state index in [1.54, 1.807) is 0 Å². The van der Waals surface area contributed by atoms with E-state index >= 15 is 0 Å². The Morgan fingerprint density at radius 3 is 3.04 bits per heavy atom. The van der Waals surface area contributed by atoms with Gasteiger partial charge in [-0.15, -0.1) is 12.4 Å². The van der Waals surface area contributed by atoms with E-state index in [2.05, 4.69) is 9.55 Å². The molecule has 0 spiro atoms. The summed E-state index contributed by atoms with van der Waals surface area (Å²) < 4.78 is 18.0. The van der Waals surface area contributed by atoms with Crippen molar-refractivity contribution < 1.29 is 9.29 Å². The second kappa shape index (κ2) is 8.21. The fourth-order valence-electron chi connectivity index (χ4n) is 2.87. The Hall–Kier alpha value is -0.990. The van der Waals surface area contributed by atoms with Crippen LogP contribution in [0.3, 0.4) is 0 Å². The smallest absolute Gasteiger partial charge is 0.177 e. The first kappa shape index (κ1) is 18.4. The first-order valence-corrected chi connectivity index (χ1v) is 8.47. The van der Waals surface area contributed by atoms with Crippen molar-refractivity contribution in [3.05, 3.63) is 40.4 Å². The lowest BCUT2D eigenvalue weighted by molar-refractivity contribution is 0.220. The molecule has 2 heterocycles. The van der Waals surface area contributed by atoms with Crippen molar-refractivity contribution in [3.8, 4) is 5.75 Å². The van der Waals surface area contributed by atoms with Crippen LogP contribution in [0.1, 0.15) is 23.7 Å². The molecule has 5 nitrogen and oxygen atoms in total. The normalized spacial score (nSPS) is 16.3. The van der Waals surface area contributed by atoms with Gasteiger partial charge in [0.2, 0.25) is 0 Å². The molecule has 1 aromatic heterocycles. The van der Waals surface area contributed by atoms with E-state index in [1.807, 2.05) is 24.4 Å². The summed E-state index contributed by atoms with van der Waals surface area (Å²) in [4.78, 5) is 3.95. The Labute approximate surface area is 150 Å². The third-order valence-corrected chi connectivity index (χ3v) is 4.70. The first-order valence-electron chi connectivity index (χ1n) is 7.29. The average Bonchev–Trinajstić information content (AvgIpc) is 2.92. The Bertz CT molecular complexity index is 717. The van der Waals surface area contributed by atoms with Gasteiger partial charge in [-0.1, -0.05) is 0 Å². The van der Waals surface area contributed by atoms with Crippen molar-refractivity contribution in [1.82, 2.24) is 9.55 Å². The fraction of sp³-hybridized carbons (Fsp3) is 0.400. The van der Waals surface area contributed by atoms with Crippen molar-refractivity contribution in [2.45, 2.75) is 30.2 Å². The van der Waals surface area contributed by atoms with Crippen molar-refractivity contribution in [2.75, 3.05) is 13.2 Å². The van der Waals surface area contributed by atoms with Gasteiger partial charge in [-0.05, 0) is 55.4 Å². The summed E-state index contributed by atoms with van der Waals surface area (Å²) in [6, 6.07) is 5.91. The molecule has 0 saturated carbocycles. The number of nitrogens with one attached hydrogen (secondary N) is 1. The Morgan fingerprint density at radius 1 is 1.48 bits per heavy atom. The number of rotatable bonds is 5. The number of imidazole rings is 1. The lowest BCUT2D eigenvalue weighted by Gasteiger charge is -2.28. The molecule has 3 rings (SSSR count). The molecule has 1 atom stereocenters. The van der Waals surface area contributed by atoms with Gasteiger partial charge < -0.3 is 24.6 Å². The van der Waals surface area contributed by atoms with Crippen LogP contribution in [0.2, 0.25) is 0 Å². The quantitative estimate of drug-likeness (QED) is 0.551. The van der Waals surface area contributed by atoms with Crippen LogP contribution in [0.4, 0.5) is 0 Å². The number of aromatic nitrogens is 2. The van der Waals surface area contributed by atoms with Gasteiger partial charge >= 0.3 is 0 Å². The van der Waals surface area contributed by atoms with Crippen LogP contribution in [-0.2, 0) is 12.8 Å². The van der Waals surface area contributed by atoms with E-state index in [0.29, 0.717) is 13.2 Å². The second-order valence-corrected chi connectivity index (χ2v) is 6.42. The predicted octanol–water partition coefficient (Wildman–Crippen LogP) is 3.60. The number of halogens is 1. The number of hydrogen-bond donors (Lipinski definition) is 3. The highest BCUT2D eigenvalue weighted by Crippen LogP contribution is 2.33. The highest BCUT2D eigenvalue weighted by molar-refractivity contribution is 7.93. The number of fused-ring (bicyclic) bond motifs is 1. The van der Waals surface area contributed by atoms with Crippen LogP contribution >= 0.6 is 36.7 Å². The molecule has 0 bridgehead atoms. The van der Waals surface area contributed by atoms with E-state index in [0.717, 1.165) is 52.3 Å². The van der Waals surface area contributed by atoms with Crippen LogP contribution in [0.15, 0.2) is 29.3 Å². The molecule has 4 N–H and O–H groups in total. The zero-order valence-corrected chi connectivity index (χ0v) is 15.0. The largest absolute Gasteiger partial charge is 0.491 e. The molecule has 0 fully saturated rings. The SMILES string of the molecule is Cl.NCCCc1c[nH]c(=S)n1C1COc2ccc(SO)cc2C1. The number of hydrogen-bond acceptors (Lipinski definition) is 5. The summed E-state index contributed by atoms with van der Waals surface area (Å²) in [6.45, 7) is 1.26. The summed E-state index contributed by atoms with van der Waals surface area (Å²) in [5, 5.41) is 0. The van der Waals surface area contributed by atoms with Crippen LogP contribution in [0.5, 0.6) is 5.75 Å². The lowest BCUT2D eigenvalue weighted by atomic mass is 10.0. The van der Waals surface area contributed by atoms with Gasteiger partial charge in [-0.25, -0.2) is 0 Å². The number of aromatic amines is 1. The van der Waals surface area contributed by atoms with Gasteiger partial charge in [-0.2, -0.15) is 0 Å².